The molecule has 0 aliphatic carbocycles. The Morgan fingerprint density at radius 1 is 1.67 bits per heavy atom. The Morgan fingerprint density at radius 2 is 2.50 bits per heavy atom. The van der Waals surface area contributed by atoms with Crippen molar-refractivity contribution in [3.63, 3.8) is 0 Å². The molecule has 1 aliphatic rings. The standard InChI is InChI=1S/C3H3S2.Sn/c1-2-4-5-3-1;/h1-3H;. The predicted octanol–water partition coefficient (Wildman–Crippen LogP) is 1.39. The Labute approximate surface area is 58.6 Å². The Kier molecular flexibility index (Phi) is 2.26. The van der Waals surface area contributed by atoms with Crippen LogP contribution in [0.3, 0.4) is 0 Å². The van der Waals surface area contributed by atoms with Gasteiger partial charge in [-0.3, -0.25) is 0 Å². The van der Waals surface area contributed by atoms with E-state index in [2.05, 4.69) is 11.5 Å². The first-order valence-corrected chi connectivity index (χ1v) is 5.52. The van der Waals surface area contributed by atoms with Gasteiger partial charge in [0.2, 0.25) is 0 Å². The van der Waals surface area contributed by atoms with E-state index in [1.165, 1.54) is 0 Å². The molecule has 31 valence electrons. The fourth-order valence-corrected chi connectivity index (χ4v) is 3.91. The minimum atomic E-state index is 0.835. The van der Waals surface area contributed by atoms with Crippen LogP contribution < -0.4 is 0 Å². The van der Waals surface area contributed by atoms with E-state index in [1.54, 1.807) is 22.5 Å². The summed E-state index contributed by atoms with van der Waals surface area (Å²) in [6.45, 7) is 0. The molecular formula is C3H3S2Sn. The second-order valence-electron chi connectivity index (χ2n) is 0.942. The molecule has 1 atom stereocenters. The van der Waals surface area contributed by atoms with E-state index in [0.29, 0.717) is 0 Å². The summed E-state index contributed by atoms with van der Waals surface area (Å²) < 4.78 is 0.835. The monoisotopic (exact) mass is 223 g/mol. The van der Waals surface area contributed by atoms with Gasteiger partial charge in [-0.15, -0.1) is 0 Å². The first-order valence-electron chi connectivity index (χ1n) is 1.59. The van der Waals surface area contributed by atoms with Crippen LogP contribution >= 0.6 is 21.6 Å². The van der Waals surface area contributed by atoms with Crippen molar-refractivity contribution in [2.45, 2.75) is 3.27 Å². The molecule has 3 heteroatoms. The SMILES string of the molecule is [Sn][CH]1C=CSS1. The average Bonchev–Trinajstić information content (AvgIpc) is 1.86. The molecule has 0 saturated heterocycles. The summed E-state index contributed by atoms with van der Waals surface area (Å²) in [5.41, 5.74) is 0. The zero-order valence-electron chi connectivity index (χ0n) is 3.05. The summed E-state index contributed by atoms with van der Waals surface area (Å²) in [5, 5.41) is 2.16. The van der Waals surface area contributed by atoms with E-state index in [0.717, 1.165) is 3.27 Å². The third kappa shape index (κ3) is 1.39. The summed E-state index contributed by atoms with van der Waals surface area (Å²) in [4.78, 5) is 0. The van der Waals surface area contributed by atoms with Crippen LogP contribution in [0.4, 0.5) is 0 Å². The van der Waals surface area contributed by atoms with Crippen molar-refractivity contribution in [2.75, 3.05) is 0 Å². The van der Waals surface area contributed by atoms with Crippen molar-refractivity contribution in [3.05, 3.63) is 11.5 Å². The van der Waals surface area contributed by atoms with Crippen LogP contribution in [0, 0.1) is 0 Å². The molecule has 0 N–H and O–H groups in total. The van der Waals surface area contributed by atoms with Crippen LogP contribution in [0.2, 0.25) is 0 Å². The molecule has 0 aromatic carbocycles. The molecule has 0 saturated carbocycles. The van der Waals surface area contributed by atoms with E-state index in [-0.39, 0.29) is 0 Å². The molecule has 6 heavy (non-hydrogen) atoms. The molecule has 3 radical (unpaired) electrons. The molecule has 0 aromatic heterocycles. The van der Waals surface area contributed by atoms with Gasteiger partial charge in [0.1, 0.15) is 0 Å². The van der Waals surface area contributed by atoms with Gasteiger partial charge >= 0.3 is 58.9 Å². The van der Waals surface area contributed by atoms with Gasteiger partial charge in [-0.2, -0.15) is 0 Å². The van der Waals surface area contributed by atoms with E-state index in [9.17, 15) is 0 Å². The summed E-state index contributed by atoms with van der Waals surface area (Å²) in [5.74, 6) is 0. The first-order chi connectivity index (χ1) is 2.89. The van der Waals surface area contributed by atoms with Crippen molar-refractivity contribution < 1.29 is 0 Å². The molecule has 1 unspecified atom stereocenters. The maximum absolute atomic E-state index is 2.24. The zero-order chi connectivity index (χ0) is 4.41. The Balaban J connectivity index is 2.38. The van der Waals surface area contributed by atoms with Crippen LogP contribution in [0.25, 0.3) is 0 Å². The van der Waals surface area contributed by atoms with E-state index in [1.807, 2.05) is 21.6 Å². The van der Waals surface area contributed by atoms with Gasteiger partial charge in [-0.1, -0.05) is 0 Å². The predicted molar refractivity (Wildman–Crippen MR) is 33.9 cm³/mol. The second kappa shape index (κ2) is 2.52. The van der Waals surface area contributed by atoms with Gasteiger partial charge in [-0.25, -0.2) is 0 Å². The summed E-state index contributed by atoms with van der Waals surface area (Å²) in [6, 6.07) is 0. The van der Waals surface area contributed by atoms with Crippen LogP contribution in [0.15, 0.2) is 11.5 Å². The topological polar surface area (TPSA) is 0 Å². The maximum atomic E-state index is 2.24. The van der Waals surface area contributed by atoms with Crippen LogP contribution in [-0.4, -0.2) is 25.8 Å². The molecular weight excluding hydrogens is 219 g/mol. The summed E-state index contributed by atoms with van der Waals surface area (Å²) >= 11 is 1.62. The van der Waals surface area contributed by atoms with Gasteiger partial charge < -0.3 is 0 Å². The number of rotatable bonds is 0. The molecule has 0 amide bonds. The Bertz CT molecular complexity index is 71.2. The zero-order valence-corrected chi connectivity index (χ0v) is 7.54. The third-order valence-electron chi connectivity index (χ3n) is 0.468. The van der Waals surface area contributed by atoms with Crippen LogP contribution in [-0.2, 0) is 0 Å². The van der Waals surface area contributed by atoms with E-state index < -0.39 is 0 Å². The molecule has 1 rings (SSSR count). The normalized spacial score (nSPS) is 31.8. The first kappa shape index (κ1) is 5.38. The van der Waals surface area contributed by atoms with Crippen molar-refractivity contribution >= 4 is 44.1 Å². The number of hydrogen-bond donors (Lipinski definition) is 0. The molecule has 0 spiro atoms. The average molecular weight is 222 g/mol. The van der Waals surface area contributed by atoms with Crippen LogP contribution in [0.1, 0.15) is 0 Å². The van der Waals surface area contributed by atoms with Crippen molar-refractivity contribution in [2.24, 2.45) is 0 Å². The second-order valence-corrected chi connectivity index (χ2v) is 6.23. The van der Waals surface area contributed by atoms with Crippen molar-refractivity contribution in [3.8, 4) is 0 Å². The van der Waals surface area contributed by atoms with E-state index in [4.69, 9.17) is 0 Å². The van der Waals surface area contributed by atoms with Gasteiger partial charge in [0, 0.05) is 0 Å². The quantitative estimate of drug-likeness (QED) is 0.448. The molecule has 1 heterocycles. The molecule has 0 aromatic rings. The van der Waals surface area contributed by atoms with Gasteiger partial charge in [-0.05, 0) is 0 Å². The Hall–Kier alpha value is 1.24. The van der Waals surface area contributed by atoms with Gasteiger partial charge in [0.25, 0.3) is 0 Å². The third-order valence-corrected chi connectivity index (χ3v) is 5.52. The van der Waals surface area contributed by atoms with Crippen molar-refractivity contribution in [1.82, 2.24) is 0 Å². The van der Waals surface area contributed by atoms with E-state index >= 15 is 0 Å². The molecule has 0 fully saturated rings. The van der Waals surface area contributed by atoms with Crippen molar-refractivity contribution in [1.29, 1.82) is 0 Å². The Morgan fingerprint density at radius 3 is 2.67 bits per heavy atom. The fourth-order valence-electron chi connectivity index (χ4n) is 0.227. The van der Waals surface area contributed by atoms with Gasteiger partial charge in [0.15, 0.2) is 0 Å². The molecule has 0 bridgehead atoms. The molecule has 1 aliphatic heterocycles. The summed E-state index contributed by atoms with van der Waals surface area (Å²) in [6.07, 6.45) is 2.24. The summed E-state index contributed by atoms with van der Waals surface area (Å²) in [7, 11) is 3.78. The minimum absolute atomic E-state index is 0.835. The number of hydrogen-bond acceptors (Lipinski definition) is 2. The van der Waals surface area contributed by atoms with Crippen LogP contribution in [0.5, 0.6) is 0 Å². The fraction of sp³-hybridized carbons (Fsp3) is 0.333. The van der Waals surface area contributed by atoms with Gasteiger partial charge in [0.05, 0.1) is 0 Å². The molecule has 0 nitrogen and oxygen atoms in total.